The monoisotopic (exact) mass is 412 g/mol. The molecule has 1 heterocycles. The largest absolute Gasteiger partial charge is 0.441 e. The smallest absolute Gasteiger partial charge is 0.413 e. The lowest BCUT2D eigenvalue weighted by Crippen LogP contribution is -2.19. The topological polar surface area (TPSA) is 69.0 Å². The molecule has 31 heavy (non-hydrogen) atoms. The van der Waals surface area contributed by atoms with Crippen LogP contribution in [-0.2, 0) is 11.2 Å². The van der Waals surface area contributed by atoms with Gasteiger partial charge >= 0.3 is 6.09 Å². The first-order chi connectivity index (χ1) is 15.2. The van der Waals surface area contributed by atoms with Crippen LogP contribution >= 0.6 is 0 Å². The highest BCUT2D eigenvalue weighted by atomic mass is 16.6. The first-order valence-corrected chi connectivity index (χ1v) is 10.3. The standard InChI is InChI=1S/C25H24N4O2/c1-3-23-24(26-25(30)31-18(2)19-10-6-4-7-11-19)29(28-27-23)22-16-14-21(15-17-22)20-12-8-5-9-13-20/h4-18H,3H2,1-2H3,(H,26,30)/t18-/m1/s1. The molecule has 3 aromatic carbocycles. The number of carbonyl (C=O) groups is 1. The van der Waals surface area contributed by atoms with Crippen LogP contribution in [-0.4, -0.2) is 21.1 Å². The van der Waals surface area contributed by atoms with Gasteiger partial charge < -0.3 is 4.74 Å². The van der Waals surface area contributed by atoms with E-state index in [-0.39, 0.29) is 6.10 Å². The molecule has 6 heteroatoms. The number of benzene rings is 3. The molecular weight excluding hydrogens is 388 g/mol. The van der Waals surface area contributed by atoms with Crippen molar-refractivity contribution in [1.82, 2.24) is 15.0 Å². The minimum Gasteiger partial charge on any atom is -0.441 e. The molecule has 0 fully saturated rings. The molecule has 0 unspecified atom stereocenters. The number of aryl methyl sites for hydroxylation is 1. The molecule has 0 bridgehead atoms. The van der Waals surface area contributed by atoms with Gasteiger partial charge in [-0.25, -0.2) is 4.79 Å². The second-order valence-electron chi connectivity index (χ2n) is 7.15. The zero-order valence-electron chi connectivity index (χ0n) is 17.5. The summed E-state index contributed by atoms with van der Waals surface area (Å²) in [7, 11) is 0. The predicted octanol–water partition coefficient (Wildman–Crippen LogP) is 5.81. The molecule has 4 rings (SSSR count). The first kappa shape index (κ1) is 20.3. The second kappa shape index (κ2) is 9.26. The Balaban J connectivity index is 1.54. The van der Waals surface area contributed by atoms with Gasteiger partial charge in [-0.1, -0.05) is 84.9 Å². The van der Waals surface area contributed by atoms with Gasteiger partial charge in [0.25, 0.3) is 0 Å². The van der Waals surface area contributed by atoms with E-state index in [9.17, 15) is 4.79 Å². The molecule has 0 saturated carbocycles. The van der Waals surface area contributed by atoms with Crippen molar-refractivity contribution in [3.63, 3.8) is 0 Å². The summed E-state index contributed by atoms with van der Waals surface area (Å²) in [4.78, 5) is 12.6. The Morgan fingerprint density at radius 2 is 1.55 bits per heavy atom. The summed E-state index contributed by atoms with van der Waals surface area (Å²) in [5.74, 6) is 0.514. The van der Waals surface area contributed by atoms with Crippen LogP contribution < -0.4 is 5.32 Å². The highest BCUT2D eigenvalue weighted by Gasteiger charge is 2.18. The molecule has 1 atom stereocenters. The SMILES string of the molecule is CCc1nnn(-c2ccc(-c3ccccc3)cc2)c1NC(=O)O[C@H](C)c1ccccc1. The molecule has 0 spiro atoms. The van der Waals surface area contributed by atoms with Gasteiger partial charge in [0.1, 0.15) is 11.8 Å². The van der Waals surface area contributed by atoms with Crippen LogP contribution in [0.15, 0.2) is 84.9 Å². The summed E-state index contributed by atoms with van der Waals surface area (Å²) in [5, 5.41) is 11.3. The lowest BCUT2D eigenvalue weighted by molar-refractivity contribution is 0.121. The Bertz CT molecular complexity index is 1140. The number of rotatable bonds is 6. The summed E-state index contributed by atoms with van der Waals surface area (Å²) in [6.45, 7) is 3.81. The van der Waals surface area contributed by atoms with E-state index < -0.39 is 6.09 Å². The highest BCUT2D eigenvalue weighted by molar-refractivity contribution is 5.84. The van der Waals surface area contributed by atoms with Gasteiger partial charge in [0.15, 0.2) is 5.82 Å². The molecule has 6 nitrogen and oxygen atoms in total. The number of hydrogen-bond donors (Lipinski definition) is 1. The Kier molecular flexibility index (Phi) is 6.08. The van der Waals surface area contributed by atoms with Crippen LogP contribution in [0, 0.1) is 0 Å². The maximum absolute atomic E-state index is 12.6. The molecule has 0 aliphatic carbocycles. The van der Waals surface area contributed by atoms with E-state index in [0.29, 0.717) is 17.9 Å². The lowest BCUT2D eigenvalue weighted by Gasteiger charge is -2.15. The van der Waals surface area contributed by atoms with Crippen molar-refractivity contribution in [3.8, 4) is 16.8 Å². The molecule has 0 saturated heterocycles. The number of nitrogens with one attached hydrogen (secondary N) is 1. The number of carbonyl (C=O) groups excluding carboxylic acids is 1. The first-order valence-electron chi connectivity index (χ1n) is 10.3. The number of aromatic nitrogens is 3. The van der Waals surface area contributed by atoms with Gasteiger partial charge in [-0.05, 0) is 42.2 Å². The molecule has 156 valence electrons. The van der Waals surface area contributed by atoms with E-state index in [1.165, 1.54) is 0 Å². The second-order valence-corrected chi connectivity index (χ2v) is 7.15. The number of nitrogens with zero attached hydrogens (tertiary/aromatic N) is 3. The van der Waals surface area contributed by atoms with Crippen LogP contribution in [0.5, 0.6) is 0 Å². The van der Waals surface area contributed by atoms with Crippen LogP contribution in [0.3, 0.4) is 0 Å². The molecule has 0 aliphatic heterocycles. The number of amides is 1. The Morgan fingerprint density at radius 1 is 0.935 bits per heavy atom. The third-order valence-electron chi connectivity index (χ3n) is 5.07. The number of hydrogen-bond acceptors (Lipinski definition) is 4. The molecule has 4 aromatic rings. The number of ether oxygens (including phenoxy) is 1. The van der Waals surface area contributed by atoms with Crippen molar-refractivity contribution in [2.24, 2.45) is 0 Å². The fourth-order valence-corrected chi connectivity index (χ4v) is 3.36. The normalized spacial score (nSPS) is 11.7. The summed E-state index contributed by atoms with van der Waals surface area (Å²) >= 11 is 0. The third kappa shape index (κ3) is 4.64. The molecule has 1 aromatic heterocycles. The Morgan fingerprint density at radius 3 is 2.19 bits per heavy atom. The highest BCUT2D eigenvalue weighted by Crippen LogP contribution is 2.24. The quantitative estimate of drug-likeness (QED) is 0.434. The van der Waals surface area contributed by atoms with E-state index >= 15 is 0 Å². The molecular formula is C25H24N4O2. The fraction of sp³-hybridized carbons (Fsp3) is 0.160. The Hall–Kier alpha value is -3.93. The van der Waals surface area contributed by atoms with Crippen molar-refractivity contribution in [3.05, 3.63) is 96.2 Å². The van der Waals surface area contributed by atoms with E-state index in [0.717, 1.165) is 22.4 Å². The van der Waals surface area contributed by atoms with E-state index in [4.69, 9.17) is 4.74 Å². The van der Waals surface area contributed by atoms with Gasteiger partial charge in [0.2, 0.25) is 0 Å². The minimum absolute atomic E-state index is 0.374. The summed E-state index contributed by atoms with van der Waals surface area (Å²) in [5.41, 5.74) is 4.66. The van der Waals surface area contributed by atoms with Gasteiger partial charge in [-0.2, -0.15) is 4.68 Å². The van der Waals surface area contributed by atoms with Crippen molar-refractivity contribution in [1.29, 1.82) is 0 Å². The van der Waals surface area contributed by atoms with Crippen molar-refractivity contribution in [2.45, 2.75) is 26.4 Å². The van der Waals surface area contributed by atoms with Crippen LogP contribution in [0.4, 0.5) is 10.6 Å². The molecule has 1 amide bonds. The van der Waals surface area contributed by atoms with E-state index in [1.807, 2.05) is 86.6 Å². The summed E-state index contributed by atoms with van der Waals surface area (Å²) in [6.07, 6.45) is -0.289. The zero-order chi connectivity index (χ0) is 21.6. The maximum Gasteiger partial charge on any atom is 0.413 e. The van der Waals surface area contributed by atoms with Crippen molar-refractivity contribution < 1.29 is 9.53 Å². The predicted molar refractivity (Wildman–Crippen MR) is 121 cm³/mol. The summed E-state index contributed by atoms with van der Waals surface area (Å²) in [6, 6.07) is 27.7. The van der Waals surface area contributed by atoms with Gasteiger partial charge in [-0.15, -0.1) is 5.10 Å². The zero-order valence-corrected chi connectivity index (χ0v) is 17.5. The van der Waals surface area contributed by atoms with E-state index in [1.54, 1.807) is 4.68 Å². The van der Waals surface area contributed by atoms with Gasteiger partial charge in [-0.3, -0.25) is 5.32 Å². The molecule has 0 aliphatic rings. The average molecular weight is 412 g/mol. The maximum atomic E-state index is 12.6. The van der Waals surface area contributed by atoms with Crippen LogP contribution in [0.1, 0.15) is 31.2 Å². The minimum atomic E-state index is -0.546. The van der Waals surface area contributed by atoms with Crippen molar-refractivity contribution in [2.75, 3.05) is 5.32 Å². The molecule has 1 N–H and O–H groups in total. The third-order valence-corrected chi connectivity index (χ3v) is 5.07. The van der Waals surface area contributed by atoms with Crippen LogP contribution in [0.25, 0.3) is 16.8 Å². The van der Waals surface area contributed by atoms with Gasteiger partial charge in [0.05, 0.1) is 5.69 Å². The van der Waals surface area contributed by atoms with Crippen LogP contribution in [0.2, 0.25) is 0 Å². The number of anilines is 1. The average Bonchev–Trinajstić information content (AvgIpc) is 3.22. The Labute approximate surface area is 181 Å². The lowest BCUT2D eigenvalue weighted by atomic mass is 10.1. The molecule has 0 radical (unpaired) electrons. The summed E-state index contributed by atoms with van der Waals surface area (Å²) < 4.78 is 7.19. The van der Waals surface area contributed by atoms with Gasteiger partial charge in [0, 0.05) is 0 Å². The fourth-order valence-electron chi connectivity index (χ4n) is 3.36. The van der Waals surface area contributed by atoms with E-state index in [2.05, 4.69) is 27.8 Å². The van der Waals surface area contributed by atoms with Crippen molar-refractivity contribution >= 4 is 11.9 Å².